The molecule has 1 aliphatic heterocycles. The third-order valence-electron chi connectivity index (χ3n) is 3.22. The summed E-state index contributed by atoms with van der Waals surface area (Å²) in [6, 6.07) is 0. The van der Waals surface area contributed by atoms with E-state index in [1.807, 2.05) is 0 Å². The standard InChI is InChI=1S/C12H22N2O5/c1-18-9-12(2-4-13-5-3-12)11(17)14-6-7-19-8-10(15)16/h13H,2-9H2,1H3,(H,14,17)(H,15,16). The van der Waals surface area contributed by atoms with E-state index in [4.69, 9.17) is 14.6 Å². The number of ether oxygens (including phenoxy) is 2. The van der Waals surface area contributed by atoms with Gasteiger partial charge in [-0.2, -0.15) is 0 Å². The molecule has 7 nitrogen and oxygen atoms in total. The van der Waals surface area contributed by atoms with E-state index in [0.717, 1.165) is 25.9 Å². The molecule has 1 heterocycles. The zero-order chi connectivity index (χ0) is 14.1. The monoisotopic (exact) mass is 274 g/mol. The number of methoxy groups -OCH3 is 1. The first kappa shape index (κ1) is 15.9. The molecule has 7 heteroatoms. The van der Waals surface area contributed by atoms with Crippen molar-refractivity contribution < 1.29 is 24.2 Å². The average Bonchev–Trinajstić information content (AvgIpc) is 2.39. The smallest absolute Gasteiger partial charge is 0.329 e. The third-order valence-corrected chi connectivity index (χ3v) is 3.22. The number of piperidine rings is 1. The summed E-state index contributed by atoms with van der Waals surface area (Å²) in [4.78, 5) is 22.5. The molecule has 1 aliphatic rings. The number of carbonyl (C=O) groups is 2. The van der Waals surface area contributed by atoms with Gasteiger partial charge in [0.15, 0.2) is 0 Å². The van der Waals surface area contributed by atoms with Crippen molar-refractivity contribution in [2.24, 2.45) is 5.41 Å². The minimum absolute atomic E-state index is 0.0465. The quantitative estimate of drug-likeness (QED) is 0.502. The van der Waals surface area contributed by atoms with Crippen LogP contribution in [0.2, 0.25) is 0 Å². The van der Waals surface area contributed by atoms with E-state index in [9.17, 15) is 9.59 Å². The molecular formula is C12H22N2O5. The minimum Gasteiger partial charge on any atom is -0.480 e. The number of carbonyl (C=O) groups excluding carboxylic acids is 1. The predicted molar refractivity (Wildman–Crippen MR) is 67.9 cm³/mol. The van der Waals surface area contributed by atoms with Crippen LogP contribution in [0.1, 0.15) is 12.8 Å². The molecule has 1 fully saturated rings. The Morgan fingerprint density at radius 2 is 2.05 bits per heavy atom. The summed E-state index contributed by atoms with van der Waals surface area (Å²) in [6.07, 6.45) is 1.48. The molecule has 0 aliphatic carbocycles. The van der Waals surface area contributed by atoms with Crippen molar-refractivity contribution in [1.29, 1.82) is 0 Å². The van der Waals surface area contributed by atoms with Crippen molar-refractivity contribution in [3.05, 3.63) is 0 Å². The number of aliphatic carboxylic acids is 1. The SMILES string of the molecule is COCC1(C(=O)NCCOCC(=O)O)CCNCC1. The van der Waals surface area contributed by atoms with Gasteiger partial charge in [0.1, 0.15) is 6.61 Å². The molecular weight excluding hydrogens is 252 g/mol. The fourth-order valence-electron chi connectivity index (χ4n) is 2.20. The van der Waals surface area contributed by atoms with Gasteiger partial charge in [-0.3, -0.25) is 4.79 Å². The molecule has 0 radical (unpaired) electrons. The highest BCUT2D eigenvalue weighted by Crippen LogP contribution is 2.29. The summed E-state index contributed by atoms with van der Waals surface area (Å²) in [5.74, 6) is -1.06. The van der Waals surface area contributed by atoms with Crippen LogP contribution in [-0.2, 0) is 19.1 Å². The lowest BCUT2D eigenvalue weighted by Crippen LogP contribution is -2.50. The molecule has 0 aromatic carbocycles. The summed E-state index contributed by atoms with van der Waals surface area (Å²) in [5, 5.41) is 14.4. The van der Waals surface area contributed by atoms with Gasteiger partial charge < -0.3 is 25.2 Å². The second kappa shape index (κ2) is 8.08. The predicted octanol–water partition coefficient (Wildman–Crippen LogP) is -0.780. The maximum atomic E-state index is 12.2. The zero-order valence-electron chi connectivity index (χ0n) is 11.2. The second-order valence-corrected chi connectivity index (χ2v) is 4.67. The van der Waals surface area contributed by atoms with E-state index in [2.05, 4.69) is 10.6 Å². The maximum absolute atomic E-state index is 12.2. The molecule has 1 amide bonds. The number of hydrogen-bond donors (Lipinski definition) is 3. The Hall–Kier alpha value is -1.18. The Bertz CT molecular complexity index is 297. The fraction of sp³-hybridized carbons (Fsp3) is 0.833. The summed E-state index contributed by atoms with van der Waals surface area (Å²) < 4.78 is 10.0. The Balaban J connectivity index is 2.33. The highest BCUT2D eigenvalue weighted by molar-refractivity contribution is 5.83. The first-order valence-corrected chi connectivity index (χ1v) is 6.38. The molecule has 19 heavy (non-hydrogen) atoms. The van der Waals surface area contributed by atoms with E-state index in [1.165, 1.54) is 0 Å². The number of rotatable bonds is 8. The largest absolute Gasteiger partial charge is 0.480 e. The van der Waals surface area contributed by atoms with Crippen molar-refractivity contribution in [1.82, 2.24) is 10.6 Å². The maximum Gasteiger partial charge on any atom is 0.329 e. The number of carboxylic acid groups (broad SMARTS) is 1. The molecule has 0 saturated carbocycles. The van der Waals surface area contributed by atoms with Crippen LogP contribution >= 0.6 is 0 Å². The van der Waals surface area contributed by atoms with Crippen molar-refractivity contribution in [2.75, 3.05) is 46.6 Å². The topological polar surface area (TPSA) is 96.9 Å². The van der Waals surface area contributed by atoms with E-state index in [0.29, 0.717) is 13.2 Å². The summed E-state index contributed by atoms with van der Waals surface area (Å²) in [6.45, 7) is 2.16. The number of carboxylic acids is 1. The molecule has 0 aromatic heterocycles. The van der Waals surface area contributed by atoms with Crippen molar-refractivity contribution in [2.45, 2.75) is 12.8 Å². The summed E-state index contributed by atoms with van der Waals surface area (Å²) in [7, 11) is 1.59. The summed E-state index contributed by atoms with van der Waals surface area (Å²) in [5.41, 5.74) is -0.479. The van der Waals surface area contributed by atoms with Crippen LogP contribution in [-0.4, -0.2) is 63.5 Å². The Morgan fingerprint density at radius 3 is 2.63 bits per heavy atom. The molecule has 3 N–H and O–H groups in total. The van der Waals surface area contributed by atoms with Crippen LogP contribution in [0.15, 0.2) is 0 Å². The average molecular weight is 274 g/mol. The van der Waals surface area contributed by atoms with Gasteiger partial charge in [0, 0.05) is 13.7 Å². The van der Waals surface area contributed by atoms with Crippen molar-refractivity contribution in [3.8, 4) is 0 Å². The van der Waals surface area contributed by atoms with Crippen molar-refractivity contribution in [3.63, 3.8) is 0 Å². The van der Waals surface area contributed by atoms with E-state index < -0.39 is 11.4 Å². The first-order valence-electron chi connectivity index (χ1n) is 6.38. The molecule has 0 unspecified atom stereocenters. The highest BCUT2D eigenvalue weighted by atomic mass is 16.5. The molecule has 110 valence electrons. The van der Waals surface area contributed by atoms with Gasteiger partial charge >= 0.3 is 5.97 Å². The lowest BCUT2D eigenvalue weighted by Gasteiger charge is -2.35. The van der Waals surface area contributed by atoms with Crippen LogP contribution in [0.5, 0.6) is 0 Å². The Kier molecular flexibility index (Phi) is 6.75. The van der Waals surface area contributed by atoms with Crippen LogP contribution in [0, 0.1) is 5.41 Å². The van der Waals surface area contributed by atoms with E-state index in [1.54, 1.807) is 7.11 Å². The van der Waals surface area contributed by atoms with Crippen molar-refractivity contribution >= 4 is 11.9 Å². The zero-order valence-corrected chi connectivity index (χ0v) is 11.2. The highest BCUT2D eigenvalue weighted by Gasteiger charge is 2.39. The molecule has 0 atom stereocenters. The summed E-state index contributed by atoms with van der Waals surface area (Å²) >= 11 is 0. The molecule has 0 spiro atoms. The molecule has 0 bridgehead atoms. The molecule has 1 saturated heterocycles. The van der Waals surface area contributed by atoms with Crippen LogP contribution in [0.3, 0.4) is 0 Å². The first-order chi connectivity index (χ1) is 9.10. The molecule has 1 rings (SSSR count). The Morgan fingerprint density at radius 1 is 1.37 bits per heavy atom. The number of amides is 1. The third kappa shape index (κ3) is 5.14. The van der Waals surface area contributed by atoms with Gasteiger partial charge in [-0.05, 0) is 25.9 Å². The van der Waals surface area contributed by atoms with Gasteiger partial charge in [-0.15, -0.1) is 0 Å². The minimum atomic E-state index is -1.01. The lowest BCUT2D eigenvalue weighted by molar-refractivity contribution is -0.142. The molecule has 0 aromatic rings. The normalized spacial score (nSPS) is 17.9. The van der Waals surface area contributed by atoms with Gasteiger partial charge in [-0.1, -0.05) is 0 Å². The second-order valence-electron chi connectivity index (χ2n) is 4.67. The lowest BCUT2D eigenvalue weighted by atomic mass is 9.78. The van der Waals surface area contributed by atoms with Crippen LogP contribution < -0.4 is 10.6 Å². The number of hydrogen-bond acceptors (Lipinski definition) is 5. The van der Waals surface area contributed by atoms with Gasteiger partial charge in [0.2, 0.25) is 5.91 Å². The number of nitrogens with one attached hydrogen (secondary N) is 2. The van der Waals surface area contributed by atoms with Gasteiger partial charge in [0.05, 0.1) is 18.6 Å². The fourth-order valence-corrected chi connectivity index (χ4v) is 2.20. The van der Waals surface area contributed by atoms with Crippen LogP contribution in [0.4, 0.5) is 0 Å². The van der Waals surface area contributed by atoms with E-state index >= 15 is 0 Å². The van der Waals surface area contributed by atoms with Gasteiger partial charge in [-0.25, -0.2) is 4.79 Å². The van der Waals surface area contributed by atoms with Gasteiger partial charge in [0.25, 0.3) is 0 Å². The Labute approximate surface area is 112 Å². The van der Waals surface area contributed by atoms with Crippen LogP contribution in [0.25, 0.3) is 0 Å². The van der Waals surface area contributed by atoms with E-state index in [-0.39, 0.29) is 19.1 Å².